The molecular formula is C26H31N5O3. The van der Waals surface area contributed by atoms with E-state index in [2.05, 4.69) is 22.5 Å². The summed E-state index contributed by atoms with van der Waals surface area (Å²) < 4.78 is 0. The summed E-state index contributed by atoms with van der Waals surface area (Å²) in [4.78, 5) is 47.0. The molecule has 0 aliphatic carbocycles. The van der Waals surface area contributed by atoms with Crippen molar-refractivity contribution in [3.8, 4) is 0 Å². The lowest BCUT2D eigenvalue weighted by Crippen LogP contribution is -2.40. The van der Waals surface area contributed by atoms with E-state index in [0.29, 0.717) is 29.2 Å². The highest BCUT2D eigenvalue weighted by molar-refractivity contribution is 6.22. The predicted octanol–water partition coefficient (Wildman–Crippen LogP) is 3.90. The lowest BCUT2D eigenvalue weighted by Gasteiger charge is -2.29. The second-order valence-electron chi connectivity index (χ2n) is 9.13. The van der Waals surface area contributed by atoms with Gasteiger partial charge >= 0.3 is 0 Å². The molecule has 4 rings (SSSR count). The van der Waals surface area contributed by atoms with E-state index < -0.39 is 5.91 Å². The van der Waals surface area contributed by atoms with Gasteiger partial charge in [-0.05, 0) is 70.4 Å². The number of hydrogen-bond donors (Lipinski definition) is 2. The van der Waals surface area contributed by atoms with Crippen molar-refractivity contribution in [1.82, 2.24) is 10.2 Å². The molecule has 2 heterocycles. The molecular weight excluding hydrogens is 430 g/mol. The third kappa shape index (κ3) is 4.53. The molecule has 2 N–H and O–H groups in total. The van der Waals surface area contributed by atoms with Crippen LogP contribution in [0.25, 0.3) is 0 Å². The van der Waals surface area contributed by atoms with Crippen molar-refractivity contribution in [3.63, 3.8) is 0 Å². The van der Waals surface area contributed by atoms with Gasteiger partial charge in [-0.1, -0.05) is 12.1 Å². The number of aliphatic imine (C=N–C) groups is 1. The number of nitrogens with zero attached hydrogens (tertiary/aromatic N) is 3. The van der Waals surface area contributed by atoms with Gasteiger partial charge in [-0.2, -0.15) is 4.99 Å². The van der Waals surface area contributed by atoms with Gasteiger partial charge in [-0.15, -0.1) is 0 Å². The van der Waals surface area contributed by atoms with Crippen molar-refractivity contribution >= 4 is 35.1 Å². The smallest absolute Gasteiger partial charge is 0.280 e. The largest absolute Gasteiger partial charge is 0.352 e. The maximum Gasteiger partial charge on any atom is 0.280 e. The number of anilines is 2. The van der Waals surface area contributed by atoms with Gasteiger partial charge in [-0.3, -0.25) is 14.4 Å². The molecule has 0 saturated carbocycles. The number of rotatable bonds is 2. The zero-order chi connectivity index (χ0) is 24.4. The minimum Gasteiger partial charge on any atom is -0.352 e. The maximum absolute atomic E-state index is 13.3. The van der Waals surface area contributed by atoms with E-state index in [1.807, 2.05) is 36.9 Å². The standard InChI is InChI=1S/C26H31N5O3/c1-16(2)30(4)25(34)20-12-8-13-21-22(20)31-17(3)9-5-6-14-27-23(32)18-10-7-11-19(15-18)24(33)29-26(31)28-21/h7-8,10-13,15-17H,5-6,9,14H2,1-4H3,(H,27,32)(H,28,29,33). The fraction of sp³-hybridized carbons (Fsp3) is 0.385. The van der Waals surface area contributed by atoms with E-state index >= 15 is 0 Å². The summed E-state index contributed by atoms with van der Waals surface area (Å²) in [7, 11) is 1.79. The summed E-state index contributed by atoms with van der Waals surface area (Å²) in [5.41, 5.74) is 2.82. The van der Waals surface area contributed by atoms with Gasteiger partial charge in [0.15, 0.2) is 0 Å². The van der Waals surface area contributed by atoms with Crippen LogP contribution in [0.15, 0.2) is 47.5 Å². The Balaban J connectivity index is 1.80. The van der Waals surface area contributed by atoms with Crippen LogP contribution in [0.2, 0.25) is 0 Å². The topological polar surface area (TPSA) is 94.1 Å². The van der Waals surface area contributed by atoms with Crippen LogP contribution in [0.4, 0.5) is 11.4 Å². The van der Waals surface area contributed by atoms with Crippen LogP contribution in [0.5, 0.6) is 0 Å². The van der Waals surface area contributed by atoms with Crippen LogP contribution in [0, 0.1) is 0 Å². The quantitative estimate of drug-likeness (QED) is 0.708. The number of carbonyl (C=O) groups excluding carboxylic acids is 3. The molecule has 8 heteroatoms. The number of guanidine groups is 1. The van der Waals surface area contributed by atoms with Crippen LogP contribution < -0.4 is 15.5 Å². The Morgan fingerprint density at radius 2 is 1.85 bits per heavy atom. The Kier molecular flexibility index (Phi) is 6.68. The predicted molar refractivity (Wildman–Crippen MR) is 134 cm³/mol. The number of benzene rings is 2. The molecule has 3 amide bonds. The molecule has 1 atom stereocenters. The van der Waals surface area contributed by atoms with Crippen LogP contribution >= 0.6 is 0 Å². The van der Waals surface area contributed by atoms with Gasteiger partial charge in [0, 0.05) is 36.8 Å². The average Bonchev–Trinajstić information content (AvgIpc) is 3.20. The Bertz CT molecular complexity index is 1160. The van der Waals surface area contributed by atoms with Crippen LogP contribution in [0.1, 0.15) is 71.1 Å². The molecule has 2 aromatic carbocycles. The number of para-hydroxylation sites is 1. The number of carbonyl (C=O) groups is 3. The van der Waals surface area contributed by atoms with Gasteiger partial charge in [0.25, 0.3) is 17.7 Å². The zero-order valence-electron chi connectivity index (χ0n) is 20.1. The van der Waals surface area contributed by atoms with Gasteiger partial charge in [0.2, 0.25) is 5.96 Å². The third-order valence-corrected chi connectivity index (χ3v) is 6.43. The van der Waals surface area contributed by atoms with Crippen LogP contribution in [-0.2, 0) is 0 Å². The van der Waals surface area contributed by atoms with Crippen molar-refractivity contribution in [2.75, 3.05) is 23.8 Å². The summed E-state index contributed by atoms with van der Waals surface area (Å²) in [5, 5.41) is 6.18. The Hall–Kier alpha value is -3.68. The highest BCUT2D eigenvalue weighted by Gasteiger charge is 2.35. The van der Waals surface area contributed by atoms with Gasteiger partial charge in [-0.25, -0.2) is 0 Å². The molecule has 0 aromatic heterocycles. The lowest BCUT2D eigenvalue weighted by molar-refractivity contribution is 0.0755. The molecule has 8 nitrogen and oxygen atoms in total. The Labute approximate surface area is 200 Å². The van der Waals surface area contributed by atoms with Crippen molar-refractivity contribution in [1.29, 1.82) is 0 Å². The van der Waals surface area contributed by atoms with E-state index in [0.717, 1.165) is 30.6 Å². The normalized spacial score (nSPS) is 19.9. The highest BCUT2D eigenvalue weighted by Crippen LogP contribution is 2.39. The van der Waals surface area contributed by atoms with Crippen molar-refractivity contribution in [2.24, 2.45) is 4.99 Å². The summed E-state index contributed by atoms with van der Waals surface area (Å²) in [6, 6.07) is 12.2. The van der Waals surface area contributed by atoms with E-state index in [1.165, 1.54) is 0 Å². The fourth-order valence-corrected chi connectivity index (χ4v) is 4.25. The van der Waals surface area contributed by atoms with E-state index in [9.17, 15) is 14.4 Å². The first-order valence-corrected chi connectivity index (χ1v) is 11.8. The molecule has 0 saturated heterocycles. The molecule has 2 bridgehead atoms. The van der Waals surface area contributed by atoms with Gasteiger partial charge in [0.05, 0.1) is 16.9 Å². The average molecular weight is 462 g/mol. The number of fused-ring (bicyclic) bond motifs is 5. The summed E-state index contributed by atoms with van der Waals surface area (Å²) in [5.74, 6) is -0.334. The minimum atomic E-state index is -0.452. The van der Waals surface area contributed by atoms with Crippen molar-refractivity contribution < 1.29 is 14.4 Å². The monoisotopic (exact) mass is 461 g/mol. The summed E-state index contributed by atoms with van der Waals surface area (Å²) in [6.07, 6.45) is 2.50. The lowest BCUT2D eigenvalue weighted by atomic mass is 10.0. The summed E-state index contributed by atoms with van der Waals surface area (Å²) >= 11 is 0. The number of nitrogens with one attached hydrogen (secondary N) is 2. The van der Waals surface area contributed by atoms with Crippen LogP contribution in [-0.4, -0.2) is 54.3 Å². The third-order valence-electron chi connectivity index (χ3n) is 6.43. The second kappa shape index (κ2) is 9.67. The second-order valence-corrected chi connectivity index (χ2v) is 9.13. The maximum atomic E-state index is 13.3. The highest BCUT2D eigenvalue weighted by atomic mass is 16.2. The van der Waals surface area contributed by atoms with E-state index in [1.54, 1.807) is 36.2 Å². The molecule has 0 spiro atoms. The minimum absolute atomic E-state index is 0.0245. The van der Waals surface area contributed by atoms with Gasteiger partial charge < -0.3 is 20.4 Å². The van der Waals surface area contributed by atoms with Crippen molar-refractivity contribution in [2.45, 2.75) is 52.1 Å². The molecule has 1 unspecified atom stereocenters. The number of hydrogen-bond acceptors (Lipinski definition) is 5. The number of amides is 3. The molecule has 2 aliphatic heterocycles. The van der Waals surface area contributed by atoms with E-state index in [-0.39, 0.29) is 23.9 Å². The molecule has 2 aromatic rings. The zero-order valence-corrected chi connectivity index (χ0v) is 20.1. The molecule has 178 valence electrons. The molecule has 2 aliphatic rings. The first-order chi connectivity index (χ1) is 16.3. The molecule has 0 fully saturated rings. The van der Waals surface area contributed by atoms with Gasteiger partial charge in [0.1, 0.15) is 0 Å². The first-order valence-electron chi connectivity index (χ1n) is 11.8. The van der Waals surface area contributed by atoms with Crippen molar-refractivity contribution in [3.05, 3.63) is 59.2 Å². The van der Waals surface area contributed by atoms with E-state index in [4.69, 9.17) is 0 Å². The molecule has 34 heavy (non-hydrogen) atoms. The first kappa shape index (κ1) is 23.5. The molecule has 0 radical (unpaired) electrons. The fourth-order valence-electron chi connectivity index (χ4n) is 4.25. The SMILES string of the molecule is CC(C)N(C)C(=O)c1cccc2c1N1/C(=N/C(=O)c3cccc(c3)C(=O)NCCCCC1C)N2. The van der Waals surface area contributed by atoms with Crippen LogP contribution in [0.3, 0.4) is 0 Å². The summed E-state index contributed by atoms with van der Waals surface area (Å²) in [6.45, 7) is 6.57. The Morgan fingerprint density at radius 3 is 2.62 bits per heavy atom. The Morgan fingerprint density at radius 1 is 1.12 bits per heavy atom.